The van der Waals surface area contributed by atoms with Gasteiger partial charge in [-0.3, -0.25) is 5.41 Å². The molecule has 0 unspecified atom stereocenters. The van der Waals surface area contributed by atoms with Gasteiger partial charge in [0.15, 0.2) is 0 Å². The van der Waals surface area contributed by atoms with E-state index in [9.17, 15) is 0 Å². The van der Waals surface area contributed by atoms with Crippen molar-refractivity contribution in [3.05, 3.63) is 58.1 Å². The minimum absolute atomic E-state index is 0.0673. The summed E-state index contributed by atoms with van der Waals surface area (Å²) in [6.07, 6.45) is 0. The van der Waals surface area contributed by atoms with Crippen molar-refractivity contribution in [1.82, 2.24) is 0 Å². The topological polar surface area (TPSA) is 59.1 Å². The number of hydrogen-bond acceptors (Lipinski definition) is 2. The van der Waals surface area contributed by atoms with Crippen LogP contribution in [0.5, 0.6) is 11.5 Å². The number of benzene rings is 2. The molecule has 2 aromatic carbocycles. The summed E-state index contributed by atoms with van der Waals surface area (Å²) in [4.78, 5) is 0. The first kappa shape index (κ1) is 13.4. The van der Waals surface area contributed by atoms with Gasteiger partial charge in [0.1, 0.15) is 17.3 Å². The molecule has 3 N–H and O–H groups in total. The van der Waals surface area contributed by atoms with Crippen LogP contribution < -0.4 is 10.5 Å². The Morgan fingerprint density at radius 3 is 2.42 bits per heavy atom. The number of hydrogen-bond donors (Lipinski definition) is 2. The normalized spacial score (nSPS) is 10.3. The molecule has 0 bridgehead atoms. The Morgan fingerprint density at radius 2 is 1.79 bits per heavy atom. The average molecular weight is 275 g/mol. The molecule has 0 heterocycles. The van der Waals surface area contributed by atoms with E-state index in [1.165, 1.54) is 5.56 Å². The number of amidine groups is 1. The van der Waals surface area contributed by atoms with Gasteiger partial charge >= 0.3 is 0 Å². The van der Waals surface area contributed by atoms with Gasteiger partial charge in [-0.1, -0.05) is 29.3 Å². The van der Waals surface area contributed by atoms with Crippen LogP contribution in [0.25, 0.3) is 0 Å². The Bertz CT molecular complexity index is 638. The molecule has 0 amide bonds. The van der Waals surface area contributed by atoms with E-state index in [1.54, 1.807) is 18.2 Å². The number of aryl methyl sites for hydroxylation is 2. The van der Waals surface area contributed by atoms with Gasteiger partial charge < -0.3 is 10.5 Å². The van der Waals surface area contributed by atoms with Crippen molar-refractivity contribution < 1.29 is 4.74 Å². The van der Waals surface area contributed by atoms with Gasteiger partial charge in [-0.2, -0.15) is 0 Å². The van der Waals surface area contributed by atoms with Crippen molar-refractivity contribution in [2.45, 2.75) is 13.8 Å². The lowest BCUT2D eigenvalue weighted by Gasteiger charge is -2.13. The maximum absolute atomic E-state index is 7.57. The van der Waals surface area contributed by atoms with Crippen molar-refractivity contribution in [1.29, 1.82) is 5.41 Å². The first-order valence-electron chi connectivity index (χ1n) is 5.86. The lowest BCUT2D eigenvalue weighted by atomic mass is 10.1. The first-order chi connectivity index (χ1) is 8.97. The zero-order chi connectivity index (χ0) is 14.0. The van der Waals surface area contributed by atoms with Crippen molar-refractivity contribution in [3.8, 4) is 11.5 Å². The minimum atomic E-state index is -0.0673. The standard InChI is InChI=1S/C15H15ClN2O/c1-9-3-5-13(10(2)7-9)19-14-6-4-11(16)8-12(14)15(17)18/h3-8H,1-2H3,(H3,17,18). The van der Waals surface area contributed by atoms with Gasteiger partial charge in [0.25, 0.3) is 0 Å². The molecule has 19 heavy (non-hydrogen) atoms. The van der Waals surface area contributed by atoms with Gasteiger partial charge in [0.05, 0.1) is 5.56 Å². The highest BCUT2D eigenvalue weighted by atomic mass is 35.5. The van der Waals surface area contributed by atoms with Crippen LogP contribution in [-0.2, 0) is 0 Å². The lowest BCUT2D eigenvalue weighted by Crippen LogP contribution is -2.12. The van der Waals surface area contributed by atoms with E-state index in [4.69, 9.17) is 27.5 Å². The quantitative estimate of drug-likeness (QED) is 0.656. The molecular formula is C15H15ClN2O. The Balaban J connectivity index is 2.40. The molecule has 2 aromatic rings. The van der Waals surface area contributed by atoms with Crippen molar-refractivity contribution >= 4 is 17.4 Å². The van der Waals surface area contributed by atoms with Crippen LogP contribution in [0.15, 0.2) is 36.4 Å². The lowest BCUT2D eigenvalue weighted by molar-refractivity contribution is 0.477. The SMILES string of the molecule is Cc1ccc(Oc2ccc(Cl)cc2C(=N)N)c(C)c1. The molecule has 98 valence electrons. The van der Waals surface area contributed by atoms with E-state index in [1.807, 2.05) is 32.0 Å². The number of halogens is 1. The molecule has 0 aliphatic carbocycles. The maximum atomic E-state index is 7.57. The average Bonchev–Trinajstić information content (AvgIpc) is 2.34. The van der Waals surface area contributed by atoms with Crippen molar-refractivity contribution in [2.24, 2.45) is 5.73 Å². The van der Waals surface area contributed by atoms with Crippen LogP contribution >= 0.6 is 11.6 Å². The van der Waals surface area contributed by atoms with Gasteiger partial charge in [-0.05, 0) is 43.7 Å². The van der Waals surface area contributed by atoms with E-state index in [2.05, 4.69) is 0 Å². The molecule has 0 aliphatic rings. The number of ether oxygens (including phenoxy) is 1. The highest BCUT2D eigenvalue weighted by molar-refractivity contribution is 6.31. The predicted octanol–water partition coefficient (Wildman–Crippen LogP) is 4.03. The van der Waals surface area contributed by atoms with E-state index in [0.29, 0.717) is 16.3 Å². The summed E-state index contributed by atoms with van der Waals surface area (Å²) >= 11 is 5.91. The molecule has 0 spiro atoms. The summed E-state index contributed by atoms with van der Waals surface area (Å²) in [7, 11) is 0. The summed E-state index contributed by atoms with van der Waals surface area (Å²) in [6.45, 7) is 4.01. The second kappa shape index (κ2) is 5.33. The number of rotatable bonds is 3. The largest absolute Gasteiger partial charge is 0.456 e. The Kier molecular flexibility index (Phi) is 3.76. The van der Waals surface area contributed by atoms with Crippen LogP contribution in [0, 0.1) is 19.3 Å². The first-order valence-corrected chi connectivity index (χ1v) is 6.24. The highest BCUT2D eigenvalue weighted by Gasteiger charge is 2.10. The third-order valence-corrected chi connectivity index (χ3v) is 3.02. The number of nitrogens with two attached hydrogens (primary N) is 1. The summed E-state index contributed by atoms with van der Waals surface area (Å²) in [5.41, 5.74) is 8.24. The van der Waals surface area contributed by atoms with E-state index in [-0.39, 0.29) is 5.84 Å². The Hall–Kier alpha value is -2.00. The van der Waals surface area contributed by atoms with Crippen LogP contribution in [0.2, 0.25) is 5.02 Å². The fourth-order valence-corrected chi connectivity index (χ4v) is 2.01. The number of nitrogens with one attached hydrogen (secondary N) is 1. The maximum Gasteiger partial charge on any atom is 0.138 e. The molecule has 2 rings (SSSR count). The van der Waals surface area contributed by atoms with E-state index < -0.39 is 0 Å². The molecule has 0 aliphatic heterocycles. The third-order valence-electron chi connectivity index (χ3n) is 2.78. The van der Waals surface area contributed by atoms with Gasteiger partial charge in [0.2, 0.25) is 0 Å². The summed E-state index contributed by atoms with van der Waals surface area (Å²) < 4.78 is 5.83. The minimum Gasteiger partial charge on any atom is -0.456 e. The Labute approximate surface area is 117 Å². The molecule has 0 radical (unpaired) electrons. The third kappa shape index (κ3) is 3.06. The summed E-state index contributed by atoms with van der Waals surface area (Å²) in [6, 6.07) is 11.0. The molecule has 4 heteroatoms. The summed E-state index contributed by atoms with van der Waals surface area (Å²) in [5.74, 6) is 1.21. The smallest absolute Gasteiger partial charge is 0.138 e. The molecule has 0 atom stereocenters. The fraction of sp³-hybridized carbons (Fsp3) is 0.133. The second-order valence-electron chi connectivity index (χ2n) is 4.43. The van der Waals surface area contributed by atoms with Crippen LogP contribution in [0.1, 0.15) is 16.7 Å². The molecule has 0 aromatic heterocycles. The van der Waals surface area contributed by atoms with Gasteiger partial charge in [0, 0.05) is 5.02 Å². The van der Waals surface area contributed by atoms with Crippen LogP contribution in [0.4, 0.5) is 0 Å². The molecule has 0 fully saturated rings. The highest BCUT2D eigenvalue weighted by Crippen LogP contribution is 2.30. The monoisotopic (exact) mass is 274 g/mol. The molecule has 0 saturated heterocycles. The second-order valence-corrected chi connectivity index (χ2v) is 4.86. The van der Waals surface area contributed by atoms with Crippen molar-refractivity contribution in [2.75, 3.05) is 0 Å². The zero-order valence-corrected chi connectivity index (χ0v) is 11.6. The van der Waals surface area contributed by atoms with Crippen LogP contribution in [-0.4, -0.2) is 5.84 Å². The Morgan fingerprint density at radius 1 is 1.11 bits per heavy atom. The summed E-state index contributed by atoms with van der Waals surface area (Å²) in [5, 5.41) is 8.09. The van der Waals surface area contributed by atoms with E-state index in [0.717, 1.165) is 11.3 Å². The predicted molar refractivity (Wildman–Crippen MR) is 78.5 cm³/mol. The van der Waals surface area contributed by atoms with E-state index >= 15 is 0 Å². The zero-order valence-electron chi connectivity index (χ0n) is 10.8. The van der Waals surface area contributed by atoms with Gasteiger partial charge in [-0.25, -0.2) is 0 Å². The molecule has 0 saturated carbocycles. The fourth-order valence-electron chi connectivity index (χ4n) is 1.83. The van der Waals surface area contributed by atoms with Crippen LogP contribution in [0.3, 0.4) is 0 Å². The molecular weight excluding hydrogens is 260 g/mol. The molecule has 3 nitrogen and oxygen atoms in total. The number of nitrogen functional groups attached to an aromatic ring is 1. The van der Waals surface area contributed by atoms with Crippen molar-refractivity contribution in [3.63, 3.8) is 0 Å². The van der Waals surface area contributed by atoms with Gasteiger partial charge in [-0.15, -0.1) is 0 Å².